The lowest BCUT2D eigenvalue weighted by molar-refractivity contribution is 0.318. The highest BCUT2D eigenvalue weighted by molar-refractivity contribution is 5.23. The number of rotatable bonds is 1. The van der Waals surface area contributed by atoms with Crippen molar-refractivity contribution in [2.45, 2.75) is 46.1 Å². The zero-order valence-electron chi connectivity index (χ0n) is 7.94. The van der Waals surface area contributed by atoms with Crippen molar-refractivity contribution in [3.8, 4) is 0 Å². The molecule has 0 aromatic heterocycles. The molecule has 0 aliphatic heterocycles. The number of hydrogen-bond acceptors (Lipinski definition) is 0. The van der Waals surface area contributed by atoms with Crippen LogP contribution in [-0.2, 0) is 0 Å². The smallest absolute Gasteiger partial charge is 0.240 e. The van der Waals surface area contributed by atoms with Crippen molar-refractivity contribution in [3.63, 3.8) is 0 Å². The molecule has 0 aromatic carbocycles. The third-order valence-corrected chi connectivity index (χ3v) is 3.06. The van der Waals surface area contributed by atoms with Gasteiger partial charge in [-0.1, -0.05) is 27.7 Å². The largest absolute Gasteiger partial charge is 0.310 e. The van der Waals surface area contributed by atoms with E-state index in [2.05, 4.69) is 32.5 Å². The topological polar surface area (TPSA) is 4.36 Å². The quantitative estimate of drug-likeness (QED) is 0.507. The molecule has 0 amide bonds. The van der Waals surface area contributed by atoms with Gasteiger partial charge in [-0.15, -0.1) is 0 Å². The molecule has 0 saturated heterocycles. The summed E-state index contributed by atoms with van der Waals surface area (Å²) in [6.45, 7) is 15.9. The van der Waals surface area contributed by atoms with Crippen LogP contribution in [0.1, 0.15) is 40.5 Å². The van der Waals surface area contributed by atoms with Gasteiger partial charge < -0.3 is 4.85 Å². The van der Waals surface area contributed by atoms with Crippen molar-refractivity contribution in [2.24, 2.45) is 11.3 Å². The molecule has 11 heavy (non-hydrogen) atoms. The summed E-state index contributed by atoms with van der Waals surface area (Å²) in [6.07, 6.45) is 2.29. The van der Waals surface area contributed by atoms with E-state index in [9.17, 15) is 0 Å². The highest BCUT2D eigenvalue weighted by Gasteiger charge is 2.67. The molecule has 2 atom stereocenters. The summed E-state index contributed by atoms with van der Waals surface area (Å²) in [5.74, 6) is 0.667. The monoisotopic (exact) mass is 151 g/mol. The molecular weight excluding hydrogens is 134 g/mol. The van der Waals surface area contributed by atoms with Gasteiger partial charge in [0.2, 0.25) is 5.54 Å². The average molecular weight is 151 g/mol. The molecule has 0 heterocycles. The molecule has 1 heteroatoms. The van der Waals surface area contributed by atoms with Gasteiger partial charge in [0.15, 0.2) is 0 Å². The third-order valence-electron chi connectivity index (χ3n) is 3.06. The van der Waals surface area contributed by atoms with Gasteiger partial charge in [0.1, 0.15) is 0 Å². The summed E-state index contributed by atoms with van der Waals surface area (Å²) in [7, 11) is 0. The van der Waals surface area contributed by atoms with E-state index in [1.165, 1.54) is 6.42 Å². The molecule has 1 fully saturated rings. The van der Waals surface area contributed by atoms with Crippen LogP contribution in [0.25, 0.3) is 4.85 Å². The van der Waals surface area contributed by atoms with E-state index in [1.807, 2.05) is 0 Å². The Morgan fingerprint density at radius 3 is 2.18 bits per heavy atom. The molecule has 0 radical (unpaired) electrons. The maximum atomic E-state index is 7.18. The molecule has 0 aromatic rings. The van der Waals surface area contributed by atoms with Crippen molar-refractivity contribution in [2.75, 3.05) is 0 Å². The van der Waals surface area contributed by atoms with Crippen LogP contribution >= 0.6 is 0 Å². The van der Waals surface area contributed by atoms with Crippen LogP contribution in [0.4, 0.5) is 0 Å². The first-order valence-electron chi connectivity index (χ1n) is 4.36. The molecule has 1 rings (SSSR count). The minimum absolute atomic E-state index is 0.0122. The Morgan fingerprint density at radius 2 is 2.09 bits per heavy atom. The van der Waals surface area contributed by atoms with Crippen molar-refractivity contribution < 1.29 is 0 Å². The van der Waals surface area contributed by atoms with Crippen LogP contribution < -0.4 is 0 Å². The van der Waals surface area contributed by atoms with Crippen LogP contribution in [0.5, 0.6) is 0 Å². The lowest BCUT2D eigenvalue weighted by atomic mass is 9.83. The first kappa shape index (κ1) is 8.59. The second-order valence-electron chi connectivity index (χ2n) is 4.60. The van der Waals surface area contributed by atoms with Crippen molar-refractivity contribution in [1.29, 1.82) is 0 Å². The highest BCUT2D eigenvalue weighted by atomic mass is 14.9. The van der Waals surface area contributed by atoms with E-state index in [1.54, 1.807) is 0 Å². The fourth-order valence-electron chi connectivity index (χ4n) is 2.02. The molecule has 0 spiro atoms. The molecular formula is C10H17N. The van der Waals surface area contributed by atoms with Crippen LogP contribution in [-0.4, -0.2) is 5.54 Å². The second kappa shape index (κ2) is 2.24. The summed E-state index contributed by atoms with van der Waals surface area (Å²) in [5, 5.41) is 0. The van der Waals surface area contributed by atoms with Crippen LogP contribution in [0.15, 0.2) is 0 Å². The third kappa shape index (κ3) is 1.05. The Bertz CT molecular complexity index is 194. The van der Waals surface area contributed by atoms with Gasteiger partial charge in [-0.2, -0.15) is 0 Å². The Labute approximate surface area is 69.6 Å². The second-order valence-corrected chi connectivity index (χ2v) is 4.60. The molecule has 1 nitrogen and oxygen atoms in total. The normalized spacial score (nSPS) is 36.5. The summed E-state index contributed by atoms with van der Waals surface area (Å²) in [5.41, 5.74) is 0.164. The molecule has 1 aliphatic carbocycles. The van der Waals surface area contributed by atoms with E-state index >= 15 is 0 Å². The van der Waals surface area contributed by atoms with E-state index in [4.69, 9.17) is 6.57 Å². The minimum atomic E-state index is -0.0122. The Kier molecular flexibility index (Phi) is 1.75. The minimum Gasteiger partial charge on any atom is -0.310 e. The molecule has 0 N–H and O–H groups in total. The predicted octanol–water partition coefficient (Wildman–Crippen LogP) is 3.12. The Morgan fingerprint density at radius 1 is 1.55 bits per heavy atom. The van der Waals surface area contributed by atoms with Gasteiger partial charge in [0.25, 0.3) is 0 Å². The van der Waals surface area contributed by atoms with Crippen molar-refractivity contribution in [3.05, 3.63) is 11.4 Å². The lowest BCUT2D eigenvalue weighted by Gasteiger charge is -2.21. The Balaban J connectivity index is 2.77. The molecule has 0 bridgehead atoms. The van der Waals surface area contributed by atoms with Gasteiger partial charge in [0.05, 0.1) is 0 Å². The zero-order valence-corrected chi connectivity index (χ0v) is 7.94. The molecule has 1 saturated carbocycles. The van der Waals surface area contributed by atoms with E-state index in [0.29, 0.717) is 5.92 Å². The van der Waals surface area contributed by atoms with Gasteiger partial charge in [0, 0.05) is 17.8 Å². The van der Waals surface area contributed by atoms with Gasteiger partial charge in [-0.05, 0) is 6.42 Å². The lowest BCUT2D eigenvalue weighted by Crippen LogP contribution is -2.27. The molecule has 62 valence electrons. The van der Waals surface area contributed by atoms with Crippen LogP contribution in [0, 0.1) is 17.9 Å². The maximum Gasteiger partial charge on any atom is 0.240 e. The van der Waals surface area contributed by atoms with Crippen molar-refractivity contribution in [1.82, 2.24) is 0 Å². The summed E-state index contributed by atoms with van der Waals surface area (Å²) in [4.78, 5) is 3.81. The SMILES string of the molecule is [C-]#[N+][C@]1(C(C)(C)C)C[C@H]1CC. The van der Waals surface area contributed by atoms with Crippen molar-refractivity contribution >= 4 is 0 Å². The number of nitrogens with zero attached hydrogens (tertiary/aromatic N) is 1. The fourth-order valence-corrected chi connectivity index (χ4v) is 2.02. The summed E-state index contributed by atoms with van der Waals surface area (Å²) in [6, 6.07) is 0. The summed E-state index contributed by atoms with van der Waals surface area (Å²) >= 11 is 0. The average Bonchev–Trinajstić information content (AvgIpc) is 2.60. The van der Waals surface area contributed by atoms with E-state index in [-0.39, 0.29) is 11.0 Å². The standard InChI is InChI=1S/C10H17N/c1-6-8-7-10(8,11-5)9(2,3)4/h8H,6-7H2,1-4H3/t8-,10-/m1/s1. The van der Waals surface area contributed by atoms with Gasteiger partial charge >= 0.3 is 0 Å². The van der Waals surface area contributed by atoms with Crippen LogP contribution in [0.3, 0.4) is 0 Å². The predicted molar refractivity (Wildman–Crippen MR) is 47.2 cm³/mol. The molecule has 1 aliphatic rings. The summed E-state index contributed by atoms with van der Waals surface area (Å²) < 4.78 is 0. The van der Waals surface area contributed by atoms with Gasteiger partial charge in [-0.3, -0.25) is 0 Å². The van der Waals surface area contributed by atoms with Crippen LogP contribution in [0.2, 0.25) is 0 Å². The first-order valence-corrected chi connectivity index (χ1v) is 4.36. The number of hydrogen-bond donors (Lipinski definition) is 0. The maximum absolute atomic E-state index is 7.18. The first-order chi connectivity index (χ1) is 4.98. The highest BCUT2D eigenvalue weighted by Crippen LogP contribution is 2.59. The van der Waals surface area contributed by atoms with E-state index < -0.39 is 0 Å². The van der Waals surface area contributed by atoms with Gasteiger partial charge in [-0.25, -0.2) is 6.57 Å². The zero-order chi connectivity index (χ0) is 8.70. The fraction of sp³-hybridized carbons (Fsp3) is 0.900. The molecule has 0 unspecified atom stereocenters. The Hall–Kier alpha value is -0.510. The van der Waals surface area contributed by atoms with E-state index in [0.717, 1.165) is 6.42 Å².